The van der Waals surface area contributed by atoms with Gasteiger partial charge in [-0.15, -0.1) is 0 Å². The molecule has 0 saturated heterocycles. The van der Waals surface area contributed by atoms with Gasteiger partial charge in [0.25, 0.3) is 0 Å². The zero-order chi connectivity index (χ0) is 14.4. The lowest BCUT2D eigenvalue weighted by atomic mass is 10.0. The van der Waals surface area contributed by atoms with E-state index in [1.54, 1.807) is 0 Å². The first-order chi connectivity index (χ1) is 8.88. The summed E-state index contributed by atoms with van der Waals surface area (Å²) in [4.78, 5) is 22.3. The molecule has 4 nitrogen and oxygen atoms in total. The topological polar surface area (TPSA) is 66.4 Å². The third-order valence-electron chi connectivity index (χ3n) is 3.03. The Bertz CT molecular complexity index is 468. The third kappa shape index (κ3) is 5.55. The monoisotopic (exact) mass is 263 g/mol. The van der Waals surface area contributed by atoms with Crippen LogP contribution in [0.5, 0.6) is 0 Å². The predicted octanol–water partition coefficient (Wildman–Crippen LogP) is 2.07. The van der Waals surface area contributed by atoms with Gasteiger partial charge in [-0.1, -0.05) is 30.7 Å². The number of amides is 1. The fourth-order valence-electron chi connectivity index (χ4n) is 1.88. The fraction of sp³-hybridized carbons (Fsp3) is 0.467. The molecule has 1 aromatic rings. The summed E-state index contributed by atoms with van der Waals surface area (Å²) in [6, 6.07) is 6.03. The van der Waals surface area contributed by atoms with Gasteiger partial charge in [-0.05, 0) is 30.9 Å². The molecule has 0 radical (unpaired) electrons. The number of carbonyl (C=O) groups is 2. The summed E-state index contributed by atoms with van der Waals surface area (Å²) in [5.41, 5.74) is 3.25. The van der Waals surface area contributed by atoms with Crippen molar-refractivity contribution >= 4 is 11.9 Å². The second-order valence-corrected chi connectivity index (χ2v) is 5.11. The van der Waals surface area contributed by atoms with Gasteiger partial charge in [0.05, 0.1) is 6.42 Å². The van der Waals surface area contributed by atoms with Gasteiger partial charge < -0.3 is 10.4 Å². The first-order valence-corrected chi connectivity index (χ1v) is 6.43. The van der Waals surface area contributed by atoms with E-state index in [9.17, 15) is 9.59 Å². The number of nitrogens with one attached hydrogen (secondary N) is 1. The van der Waals surface area contributed by atoms with Gasteiger partial charge >= 0.3 is 5.97 Å². The summed E-state index contributed by atoms with van der Waals surface area (Å²) in [5.74, 6) is -0.956. The third-order valence-corrected chi connectivity index (χ3v) is 3.03. The average Bonchev–Trinajstić information content (AvgIpc) is 2.30. The molecular formula is C15H21NO3. The predicted molar refractivity (Wildman–Crippen MR) is 74.0 cm³/mol. The number of aliphatic carboxylic acids is 1. The van der Waals surface area contributed by atoms with Crippen LogP contribution in [0.25, 0.3) is 0 Å². The Balaban J connectivity index is 2.47. The zero-order valence-corrected chi connectivity index (χ0v) is 11.7. The molecule has 1 atom stereocenters. The highest BCUT2D eigenvalue weighted by Gasteiger charge is 2.10. The summed E-state index contributed by atoms with van der Waals surface area (Å²) < 4.78 is 0. The van der Waals surface area contributed by atoms with E-state index < -0.39 is 5.97 Å². The highest BCUT2D eigenvalue weighted by molar-refractivity contribution is 5.79. The van der Waals surface area contributed by atoms with Crippen LogP contribution in [0, 0.1) is 19.8 Å². The van der Waals surface area contributed by atoms with Gasteiger partial charge in [0.15, 0.2) is 0 Å². The number of benzene rings is 1. The van der Waals surface area contributed by atoms with Crippen molar-refractivity contribution in [2.24, 2.45) is 5.92 Å². The first-order valence-electron chi connectivity index (χ1n) is 6.43. The van der Waals surface area contributed by atoms with Crippen molar-refractivity contribution in [1.82, 2.24) is 5.32 Å². The summed E-state index contributed by atoms with van der Waals surface area (Å²) in [7, 11) is 0. The number of hydrogen-bond acceptors (Lipinski definition) is 2. The van der Waals surface area contributed by atoms with Crippen LogP contribution >= 0.6 is 0 Å². The molecule has 19 heavy (non-hydrogen) atoms. The van der Waals surface area contributed by atoms with Crippen molar-refractivity contribution in [3.05, 3.63) is 34.9 Å². The molecular weight excluding hydrogens is 242 g/mol. The summed E-state index contributed by atoms with van der Waals surface area (Å²) in [5, 5.41) is 11.4. The van der Waals surface area contributed by atoms with E-state index in [0.29, 0.717) is 13.0 Å². The van der Waals surface area contributed by atoms with E-state index in [2.05, 4.69) is 5.32 Å². The fourth-order valence-corrected chi connectivity index (χ4v) is 1.88. The van der Waals surface area contributed by atoms with Gasteiger partial charge in [-0.2, -0.15) is 0 Å². The minimum Gasteiger partial charge on any atom is -0.481 e. The summed E-state index contributed by atoms with van der Waals surface area (Å²) in [6.45, 7) is 6.19. The van der Waals surface area contributed by atoms with E-state index >= 15 is 0 Å². The van der Waals surface area contributed by atoms with Crippen LogP contribution in [0.4, 0.5) is 0 Å². The molecule has 104 valence electrons. The lowest BCUT2D eigenvalue weighted by molar-refractivity contribution is -0.138. The van der Waals surface area contributed by atoms with E-state index in [4.69, 9.17) is 5.11 Å². The molecule has 0 aliphatic heterocycles. The maximum absolute atomic E-state index is 11.8. The SMILES string of the molecule is Cc1ccc(C)c(CC(=O)NCC(C)CC(=O)O)c1. The van der Waals surface area contributed by atoms with Crippen molar-refractivity contribution in [3.8, 4) is 0 Å². The molecule has 1 unspecified atom stereocenters. The zero-order valence-electron chi connectivity index (χ0n) is 11.7. The lowest BCUT2D eigenvalue weighted by Crippen LogP contribution is -2.30. The van der Waals surface area contributed by atoms with Crippen molar-refractivity contribution < 1.29 is 14.7 Å². The van der Waals surface area contributed by atoms with E-state index in [-0.39, 0.29) is 18.2 Å². The number of carboxylic acids is 1. The van der Waals surface area contributed by atoms with Gasteiger partial charge in [0.1, 0.15) is 0 Å². The van der Waals surface area contributed by atoms with Gasteiger partial charge in [0.2, 0.25) is 5.91 Å². The molecule has 2 N–H and O–H groups in total. The molecule has 1 amide bonds. The number of carboxylic acid groups (broad SMARTS) is 1. The molecule has 0 fully saturated rings. The van der Waals surface area contributed by atoms with Crippen LogP contribution in [0.15, 0.2) is 18.2 Å². The van der Waals surface area contributed by atoms with Gasteiger partial charge in [-0.3, -0.25) is 9.59 Å². The molecule has 0 heterocycles. The largest absolute Gasteiger partial charge is 0.481 e. The van der Waals surface area contributed by atoms with E-state index in [0.717, 1.165) is 16.7 Å². The molecule has 0 spiro atoms. The smallest absolute Gasteiger partial charge is 0.303 e. The molecule has 0 aromatic heterocycles. The molecule has 0 aliphatic rings. The highest BCUT2D eigenvalue weighted by atomic mass is 16.4. The van der Waals surface area contributed by atoms with Crippen molar-refractivity contribution in [2.45, 2.75) is 33.6 Å². The minimum atomic E-state index is -0.837. The Morgan fingerprint density at radius 3 is 2.63 bits per heavy atom. The Morgan fingerprint density at radius 1 is 1.32 bits per heavy atom. The van der Waals surface area contributed by atoms with Crippen LogP contribution in [0.2, 0.25) is 0 Å². The van der Waals surface area contributed by atoms with E-state index in [1.165, 1.54) is 0 Å². The van der Waals surface area contributed by atoms with Crippen LogP contribution in [-0.4, -0.2) is 23.5 Å². The Labute approximate surface area is 113 Å². The second-order valence-electron chi connectivity index (χ2n) is 5.11. The van der Waals surface area contributed by atoms with Gasteiger partial charge in [0, 0.05) is 13.0 Å². The normalized spacial score (nSPS) is 11.9. The Morgan fingerprint density at radius 2 is 2.00 bits per heavy atom. The maximum Gasteiger partial charge on any atom is 0.303 e. The molecule has 0 saturated carbocycles. The molecule has 0 bridgehead atoms. The standard InChI is InChI=1S/C15H21NO3/c1-10-4-5-12(3)13(6-10)8-14(17)16-9-11(2)7-15(18)19/h4-6,11H,7-9H2,1-3H3,(H,16,17)(H,18,19). The van der Waals surface area contributed by atoms with Gasteiger partial charge in [-0.25, -0.2) is 0 Å². The quantitative estimate of drug-likeness (QED) is 0.825. The molecule has 4 heteroatoms. The number of rotatable bonds is 6. The van der Waals surface area contributed by atoms with Crippen LogP contribution in [0.3, 0.4) is 0 Å². The average molecular weight is 263 g/mol. The molecule has 1 aromatic carbocycles. The number of aryl methyl sites for hydroxylation is 2. The van der Waals surface area contributed by atoms with Crippen molar-refractivity contribution in [2.75, 3.05) is 6.54 Å². The summed E-state index contributed by atoms with van der Waals surface area (Å²) in [6.07, 6.45) is 0.414. The Kier molecular flexibility index (Phi) is 5.55. The lowest BCUT2D eigenvalue weighted by Gasteiger charge is -2.11. The number of carbonyl (C=O) groups excluding carboxylic acids is 1. The van der Waals surface area contributed by atoms with E-state index in [1.807, 2.05) is 39.0 Å². The molecule has 0 aliphatic carbocycles. The van der Waals surface area contributed by atoms with Crippen molar-refractivity contribution in [3.63, 3.8) is 0 Å². The van der Waals surface area contributed by atoms with Crippen LogP contribution in [0.1, 0.15) is 30.0 Å². The summed E-state index contributed by atoms with van der Waals surface area (Å²) >= 11 is 0. The maximum atomic E-state index is 11.8. The molecule has 1 rings (SSSR count). The first kappa shape index (κ1) is 15.2. The second kappa shape index (κ2) is 6.92. The minimum absolute atomic E-state index is 0.0555. The highest BCUT2D eigenvalue weighted by Crippen LogP contribution is 2.11. The van der Waals surface area contributed by atoms with Crippen molar-refractivity contribution in [1.29, 1.82) is 0 Å². The van der Waals surface area contributed by atoms with Crippen LogP contribution < -0.4 is 5.32 Å². The Hall–Kier alpha value is -1.84. The van der Waals surface area contributed by atoms with Crippen LogP contribution in [-0.2, 0) is 16.0 Å². The number of hydrogen-bond donors (Lipinski definition) is 2.